The van der Waals surface area contributed by atoms with Crippen LogP contribution >= 0.6 is 11.6 Å². The Morgan fingerprint density at radius 2 is 1.61 bits per heavy atom. The summed E-state index contributed by atoms with van der Waals surface area (Å²) in [7, 11) is 1.64. The molecule has 0 radical (unpaired) electrons. The Morgan fingerprint density at radius 3 is 2.22 bits per heavy atom. The fourth-order valence-electron chi connectivity index (χ4n) is 2.28. The molecule has 2 aromatic carbocycles. The molecule has 0 aliphatic rings. The molecule has 2 aromatic rings. The quantitative estimate of drug-likeness (QED) is 0.783. The molecule has 120 valence electrons. The Labute approximate surface area is 141 Å². The van der Waals surface area contributed by atoms with Gasteiger partial charge in [-0.25, -0.2) is 0 Å². The maximum absolute atomic E-state index is 12.4. The molecule has 4 nitrogen and oxygen atoms in total. The molecule has 0 heterocycles. The summed E-state index contributed by atoms with van der Waals surface area (Å²) in [6.07, 6.45) is -0.189. The number of hydrogen-bond acceptors (Lipinski definition) is 2. The first-order chi connectivity index (χ1) is 11.0. The van der Waals surface area contributed by atoms with E-state index in [4.69, 9.17) is 11.6 Å². The van der Waals surface area contributed by atoms with Crippen molar-refractivity contribution in [1.29, 1.82) is 0 Å². The van der Waals surface area contributed by atoms with Crippen LogP contribution in [0, 0.1) is 0 Å². The van der Waals surface area contributed by atoms with Gasteiger partial charge >= 0.3 is 0 Å². The average Bonchev–Trinajstić information content (AvgIpc) is 2.55. The first-order valence-electron chi connectivity index (χ1n) is 7.40. The molecule has 0 unspecified atom stereocenters. The Kier molecular flexibility index (Phi) is 5.77. The Bertz CT molecular complexity index is 688. The molecular weight excluding hydrogens is 312 g/mol. The monoisotopic (exact) mass is 330 g/mol. The van der Waals surface area contributed by atoms with Crippen LogP contribution in [0.2, 0.25) is 5.02 Å². The number of amides is 2. The third-order valence-electron chi connectivity index (χ3n) is 3.56. The maximum atomic E-state index is 12.4. The van der Waals surface area contributed by atoms with E-state index >= 15 is 0 Å². The van der Waals surface area contributed by atoms with Gasteiger partial charge in [0.05, 0.1) is 0 Å². The van der Waals surface area contributed by atoms with Crippen molar-refractivity contribution in [3.63, 3.8) is 0 Å². The van der Waals surface area contributed by atoms with Gasteiger partial charge in [-0.2, -0.15) is 0 Å². The van der Waals surface area contributed by atoms with Crippen LogP contribution in [0.25, 0.3) is 0 Å². The van der Waals surface area contributed by atoms with E-state index in [0.717, 1.165) is 5.69 Å². The molecule has 5 heteroatoms. The van der Waals surface area contributed by atoms with Crippen molar-refractivity contribution in [2.24, 2.45) is 0 Å². The van der Waals surface area contributed by atoms with E-state index in [1.54, 1.807) is 36.2 Å². The second-order valence-electron chi connectivity index (χ2n) is 5.08. The number of nitrogens with zero attached hydrogens (tertiary/aromatic N) is 2. The van der Waals surface area contributed by atoms with E-state index in [-0.39, 0.29) is 18.2 Å². The number of para-hydroxylation sites is 1. The number of carbonyl (C=O) groups excluding carboxylic acids is 2. The SMILES string of the molecule is CCN(C(=O)CC(=O)N(C)c1cccc(Cl)c1)c1ccccc1. The van der Waals surface area contributed by atoms with Gasteiger partial charge in [-0.15, -0.1) is 0 Å². The molecule has 0 saturated carbocycles. The molecule has 0 spiro atoms. The molecule has 0 bridgehead atoms. The molecule has 0 aliphatic heterocycles. The van der Waals surface area contributed by atoms with Gasteiger partial charge in [0, 0.05) is 30.0 Å². The van der Waals surface area contributed by atoms with Crippen molar-refractivity contribution in [3.8, 4) is 0 Å². The van der Waals surface area contributed by atoms with Crippen LogP contribution < -0.4 is 9.80 Å². The van der Waals surface area contributed by atoms with E-state index in [1.807, 2.05) is 37.3 Å². The minimum atomic E-state index is -0.272. The van der Waals surface area contributed by atoms with Gasteiger partial charge in [-0.05, 0) is 37.3 Å². The number of anilines is 2. The van der Waals surface area contributed by atoms with E-state index in [1.165, 1.54) is 4.90 Å². The van der Waals surface area contributed by atoms with Crippen molar-refractivity contribution in [2.45, 2.75) is 13.3 Å². The summed E-state index contributed by atoms with van der Waals surface area (Å²) < 4.78 is 0. The lowest BCUT2D eigenvalue weighted by atomic mass is 10.2. The molecule has 0 aliphatic carbocycles. The van der Waals surface area contributed by atoms with Gasteiger partial charge in [-0.1, -0.05) is 35.9 Å². The zero-order valence-corrected chi connectivity index (χ0v) is 14.0. The average molecular weight is 331 g/mol. The molecule has 0 fully saturated rings. The molecule has 0 atom stereocenters. The Hall–Kier alpha value is -2.33. The van der Waals surface area contributed by atoms with Gasteiger partial charge in [0.2, 0.25) is 11.8 Å². The van der Waals surface area contributed by atoms with Crippen LogP contribution in [-0.2, 0) is 9.59 Å². The summed E-state index contributed by atoms with van der Waals surface area (Å²) in [5.74, 6) is -0.496. The van der Waals surface area contributed by atoms with Crippen molar-refractivity contribution in [3.05, 3.63) is 59.6 Å². The van der Waals surface area contributed by atoms with E-state index in [0.29, 0.717) is 17.3 Å². The van der Waals surface area contributed by atoms with Crippen LogP contribution in [0.3, 0.4) is 0 Å². The van der Waals surface area contributed by atoms with Crippen molar-refractivity contribution < 1.29 is 9.59 Å². The van der Waals surface area contributed by atoms with Crippen molar-refractivity contribution in [2.75, 3.05) is 23.4 Å². The minimum absolute atomic E-state index is 0.189. The lowest BCUT2D eigenvalue weighted by molar-refractivity contribution is -0.126. The third-order valence-corrected chi connectivity index (χ3v) is 3.79. The smallest absolute Gasteiger partial charge is 0.236 e. The maximum Gasteiger partial charge on any atom is 0.236 e. The molecule has 0 aromatic heterocycles. The van der Waals surface area contributed by atoms with Crippen LogP contribution in [0.1, 0.15) is 13.3 Å². The molecular formula is C18H19ClN2O2. The number of halogens is 1. The van der Waals surface area contributed by atoms with Crippen molar-refractivity contribution in [1.82, 2.24) is 0 Å². The molecule has 23 heavy (non-hydrogen) atoms. The highest BCUT2D eigenvalue weighted by molar-refractivity contribution is 6.31. The second-order valence-corrected chi connectivity index (χ2v) is 5.52. The molecule has 0 N–H and O–H groups in total. The second kappa shape index (κ2) is 7.79. The zero-order chi connectivity index (χ0) is 16.8. The normalized spacial score (nSPS) is 10.2. The number of benzene rings is 2. The highest BCUT2D eigenvalue weighted by Crippen LogP contribution is 2.20. The predicted molar refractivity (Wildman–Crippen MR) is 93.9 cm³/mol. The Morgan fingerprint density at radius 1 is 0.957 bits per heavy atom. The van der Waals surface area contributed by atoms with Gasteiger partial charge < -0.3 is 9.80 Å². The molecule has 0 saturated heterocycles. The summed E-state index contributed by atoms with van der Waals surface area (Å²) in [6.45, 7) is 2.40. The summed E-state index contributed by atoms with van der Waals surface area (Å²) in [5, 5.41) is 0.549. The lowest BCUT2D eigenvalue weighted by Crippen LogP contribution is -2.36. The summed E-state index contributed by atoms with van der Waals surface area (Å²) in [5.41, 5.74) is 1.45. The number of carbonyl (C=O) groups is 2. The van der Waals surface area contributed by atoms with Gasteiger partial charge in [0.15, 0.2) is 0 Å². The first-order valence-corrected chi connectivity index (χ1v) is 7.78. The molecule has 2 amide bonds. The Balaban J connectivity index is 2.08. The lowest BCUT2D eigenvalue weighted by Gasteiger charge is -2.23. The number of rotatable bonds is 5. The van der Waals surface area contributed by atoms with Crippen LogP contribution in [0.4, 0.5) is 11.4 Å². The minimum Gasteiger partial charge on any atom is -0.315 e. The summed E-state index contributed by atoms with van der Waals surface area (Å²) in [6, 6.07) is 16.3. The van der Waals surface area contributed by atoms with Crippen LogP contribution in [0.5, 0.6) is 0 Å². The summed E-state index contributed by atoms with van der Waals surface area (Å²) >= 11 is 5.94. The van der Waals surface area contributed by atoms with Crippen molar-refractivity contribution >= 4 is 34.8 Å². The van der Waals surface area contributed by atoms with Gasteiger partial charge in [0.1, 0.15) is 6.42 Å². The van der Waals surface area contributed by atoms with Gasteiger partial charge in [-0.3, -0.25) is 9.59 Å². The van der Waals surface area contributed by atoms with Crippen LogP contribution in [0.15, 0.2) is 54.6 Å². The van der Waals surface area contributed by atoms with E-state index in [2.05, 4.69) is 0 Å². The highest BCUT2D eigenvalue weighted by Gasteiger charge is 2.20. The highest BCUT2D eigenvalue weighted by atomic mass is 35.5. The first kappa shape index (κ1) is 17.0. The fraction of sp³-hybridized carbons (Fsp3) is 0.222. The predicted octanol–water partition coefficient (Wildman–Crippen LogP) is 3.75. The van der Waals surface area contributed by atoms with Gasteiger partial charge in [0.25, 0.3) is 0 Å². The standard InChI is InChI=1S/C18H19ClN2O2/c1-3-21(15-9-5-4-6-10-15)18(23)13-17(22)20(2)16-11-7-8-14(19)12-16/h4-12H,3,13H2,1-2H3. The number of hydrogen-bond donors (Lipinski definition) is 0. The third kappa shape index (κ3) is 4.33. The fourth-order valence-corrected chi connectivity index (χ4v) is 2.47. The molecule has 2 rings (SSSR count). The zero-order valence-electron chi connectivity index (χ0n) is 13.2. The van der Waals surface area contributed by atoms with Crippen LogP contribution in [-0.4, -0.2) is 25.4 Å². The largest absolute Gasteiger partial charge is 0.315 e. The topological polar surface area (TPSA) is 40.6 Å². The summed E-state index contributed by atoms with van der Waals surface area (Å²) in [4.78, 5) is 27.8. The van der Waals surface area contributed by atoms with E-state index < -0.39 is 0 Å². The van der Waals surface area contributed by atoms with E-state index in [9.17, 15) is 9.59 Å².